The van der Waals surface area contributed by atoms with Gasteiger partial charge in [-0.05, 0) is 38.3 Å². The first-order chi connectivity index (χ1) is 8.13. The van der Waals surface area contributed by atoms with Gasteiger partial charge in [-0.25, -0.2) is 0 Å². The Morgan fingerprint density at radius 2 is 2.18 bits per heavy atom. The van der Waals surface area contributed by atoms with Gasteiger partial charge in [0, 0.05) is 12.1 Å². The Morgan fingerprint density at radius 1 is 1.41 bits per heavy atom. The molecule has 0 bridgehead atoms. The van der Waals surface area contributed by atoms with Gasteiger partial charge in [0.25, 0.3) is 0 Å². The van der Waals surface area contributed by atoms with Crippen LogP contribution >= 0.6 is 0 Å². The third kappa shape index (κ3) is 4.85. The van der Waals surface area contributed by atoms with Crippen molar-refractivity contribution in [3.8, 4) is 5.75 Å². The lowest BCUT2D eigenvalue weighted by atomic mass is 10.2. The fraction of sp³-hybridized carbons (Fsp3) is 0.538. The quantitative estimate of drug-likeness (QED) is 0.740. The highest BCUT2D eigenvalue weighted by molar-refractivity contribution is 5.66. The van der Waals surface area contributed by atoms with Gasteiger partial charge in [0.2, 0.25) is 0 Å². The second kappa shape index (κ2) is 6.89. The predicted octanol–water partition coefficient (Wildman–Crippen LogP) is 2.59. The maximum absolute atomic E-state index is 10.3. The second-order valence-corrected chi connectivity index (χ2v) is 3.95. The minimum Gasteiger partial charge on any atom is -0.492 e. The van der Waals surface area contributed by atoms with Crippen LogP contribution in [0.3, 0.4) is 0 Å². The van der Waals surface area contributed by atoms with Gasteiger partial charge in [-0.3, -0.25) is 9.78 Å². The molecule has 0 aliphatic rings. The van der Waals surface area contributed by atoms with E-state index >= 15 is 0 Å². The molecule has 1 N–H and O–H groups in total. The molecule has 1 aromatic rings. The summed E-state index contributed by atoms with van der Waals surface area (Å²) in [6.07, 6.45) is 2.45. The van der Waals surface area contributed by atoms with Gasteiger partial charge in [0.1, 0.15) is 5.75 Å². The Morgan fingerprint density at radius 3 is 2.82 bits per heavy atom. The molecule has 0 amide bonds. The van der Waals surface area contributed by atoms with Crippen LogP contribution in [0.1, 0.15) is 37.6 Å². The van der Waals surface area contributed by atoms with Gasteiger partial charge in [0.15, 0.2) is 0 Å². The molecule has 0 saturated heterocycles. The molecule has 1 rings (SSSR count). The van der Waals surface area contributed by atoms with E-state index in [4.69, 9.17) is 9.84 Å². The number of hydrogen-bond acceptors (Lipinski definition) is 3. The number of pyridine rings is 1. The topological polar surface area (TPSA) is 59.4 Å². The minimum atomic E-state index is -0.753. The van der Waals surface area contributed by atoms with Crippen LogP contribution in [0.25, 0.3) is 0 Å². The van der Waals surface area contributed by atoms with Gasteiger partial charge in [-0.2, -0.15) is 0 Å². The number of hydrogen-bond donors (Lipinski definition) is 1. The summed E-state index contributed by atoms with van der Waals surface area (Å²) in [6, 6.07) is 3.85. The maximum atomic E-state index is 10.3. The lowest BCUT2D eigenvalue weighted by molar-refractivity contribution is -0.137. The van der Waals surface area contributed by atoms with Crippen LogP contribution in [-0.2, 0) is 11.2 Å². The van der Waals surface area contributed by atoms with Crippen LogP contribution in [0.15, 0.2) is 12.1 Å². The first kappa shape index (κ1) is 13.5. The lowest BCUT2D eigenvalue weighted by Gasteiger charge is -2.09. The Hall–Kier alpha value is -1.58. The molecule has 0 radical (unpaired) electrons. The summed E-state index contributed by atoms with van der Waals surface area (Å²) >= 11 is 0. The molecular weight excluding hydrogens is 218 g/mol. The molecule has 17 heavy (non-hydrogen) atoms. The highest BCUT2D eigenvalue weighted by Crippen LogP contribution is 2.17. The fourth-order valence-electron chi connectivity index (χ4n) is 1.54. The number of aromatic nitrogens is 1. The molecule has 1 heterocycles. The number of unbranched alkanes of at least 4 members (excludes halogenated alkanes) is 1. The number of aliphatic carboxylic acids is 1. The Labute approximate surface area is 102 Å². The number of carbonyl (C=O) groups is 1. The number of rotatable bonds is 7. The number of aryl methyl sites for hydroxylation is 2. The van der Waals surface area contributed by atoms with E-state index in [1.54, 1.807) is 0 Å². The molecule has 0 unspecified atom stereocenters. The average molecular weight is 237 g/mol. The predicted molar refractivity (Wildman–Crippen MR) is 65.3 cm³/mol. The van der Waals surface area contributed by atoms with E-state index < -0.39 is 5.97 Å². The van der Waals surface area contributed by atoms with E-state index in [2.05, 4.69) is 4.98 Å². The molecule has 0 atom stereocenters. The Bertz CT molecular complexity index is 377. The third-order valence-electron chi connectivity index (χ3n) is 2.45. The normalized spacial score (nSPS) is 10.2. The highest BCUT2D eigenvalue weighted by Gasteiger charge is 2.04. The summed E-state index contributed by atoms with van der Waals surface area (Å²) in [5, 5.41) is 8.49. The minimum absolute atomic E-state index is 0.205. The zero-order chi connectivity index (χ0) is 12.7. The summed E-state index contributed by atoms with van der Waals surface area (Å²) in [5.41, 5.74) is 1.95. The van der Waals surface area contributed by atoms with Crippen molar-refractivity contribution in [1.82, 2.24) is 4.98 Å². The molecule has 0 aliphatic heterocycles. The van der Waals surface area contributed by atoms with Crippen molar-refractivity contribution >= 4 is 5.97 Å². The van der Waals surface area contributed by atoms with E-state index in [1.165, 1.54) is 0 Å². The number of nitrogens with zero attached hydrogens (tertiary/aromatic N) is 1. The monoisotopic (exact) mass is 237 g/mol. The van der Waals surface area contributed by atoms with Gasteiger partial charge in [0.05, 0.1) is 12.3 Å². The van der Waals surface area contributed by atoms with E-state index in [0.717, 1.165) is 30.0 Å². The maximum Gasteiger partial charge on any atom is 0.303 e. The van der Waals surface area contributed by atoms with Crippen molar-refractivity contribution in [2.24, 2.45) is 0 Å². The van der Waals surface area contributed by atoms with Crippen LogP contribution < -0.4 is 4.74 Å². The van der Waals surface area contributed by atoms with Gasteiger partial charge < -0.3 is 9.84 Å². The van der Waals surface area contributed by atoms with Crippen molar-refractivity contribution in [3.05, 3.63) is 23.5 Å². The molecule has 0 aliphatic carbocycles. The van der Waals surface area contributed by atoms with Crippen molar-refractivity contribution in [2.45, 2.75) is 39.5 Å². The van der Waals surface area contributed by atoms with Crippen LogP contribution in [-0.4, -0.2) is 22.7 Å². The van der Waals surface area contributed by atoms with E-state index in [0.29, 0.717) is 13.0 Å². The lowest BCUT2D eigenvalue weighted by Crippen LogP contribution is -2.03. The first-order valence-corrected chi connectivity index (χ1v) is 5.94. The summed E-state index contributed by atoms with van der Waals surface area (Å²) in [5.74, 6) is 0.0599. The highest BCUT2D eigenvalue weighted by atomic mass is 16.5. The standard InChI is InChI=1S/C13H19NO3/c1-3-11-12(8-7-10(2)14-11)17-9-5-4-6-13(15)16/h7-8H,3-6,9H2,1-2H3,(H,15,16). The molecular formula is C13H19NO3. The van der Waals surface area contributed by atoms with Crippen molar-refractivity contribution in [3.63, 3.8) is 0 Å². The van der Waals surface area contributed by atoms with Crippen LogP contribution in [0.4, 0.5) is 0 Å². The van der Waals surface area contributed by atoms with Crippen LogP contribution in [0.2, 0.25) is 0 Å². The van der Waals surface area contributed by atoms with Gasteiger partial charge in [-0.1, -0.05) is 6.92 Å². The zero-order valence-electron chi connectivity index (χ0n) is 10.4. The Balaban J connectivity index is 2.38. The smallest absolute Gasteiger partial charge is 0.303 e. The SMILES string of the molecule is CCc1nc(C)ccc1OCCCCC(=O)O. The first-order valence-electron chi connectivity index (χ1n) is 5.94. The number of ether oxygens (including phenoxy) is 1. The van der Waals surface area contributed by atoms with Crippen molar-refractivity contribution in [1.29, 1.82) is 0 Å². The fourth-order valence-corrected chi connectivity index (χ4v) is 1.54. The van der Waals surface area contributed by atoms with E-state index in [1.807, 2.05) is 26.0 Å². The largest absolute Gasteiger partial charge is 0.492 e. The molecule has 0 fully saturated rings. The number of carboxylic acids is 1. The second-order valence-electron chi connectivity index (χ2n) is 3.95. The summed E-state index contributed by atoms with van der Waals surface area (Å²) in [6.45, 7) is 4.54. The summed E-state index contributed by atoms with van der Waals surface area (Å²) in [7, 11) is 0. The summed E-state index contributed by atoms with van der Waals surface area (Å²) < 4.78 is 5.61. The zero-order valence-corrected chi connectivity index (χ0v) is 10.4. The van der Waals surface area contributed by atoms with E-state index in [9.17, 15) is 4.79 Å². The van der Waals surface area contributed by atoms with Crippen LogP contribution in [0, 0.1) is 6.92 Å². The molecule has 4 nitrogen and oxygen atoms in total. The average Bonchev–Trinajstić information content (AvgIpc) is 2.29. The molecule has 94 valence electrons. The van der Waals surface area contributed by atoms with Crippen molar-refractivity contribution < 1.29 is 14.6 Å². The van der Waals surface area contributed by atoms with Crippen LogP contribution in [0.5, 0.6) is 5.75 Å². The third-order valence-corrected chi connectivity index (χ3v) is 2.45. The number of carboxylic acid groups (broad SMARTS) is 1. The van der Waals surface area contributed by atoms with E-state index in [-0.39, 0.29) is 6.42 Å². The molecule has 1 aromatic heterocycles. The van der Waals surface area contributed by atoms with Gasteiger partial charge in [-0.15, -0.1) is 0 Å². The van der Waals surface area contributed by atoms with Crippen molar-refractivity contribution in [2.75, 3.05) is 6.61 Å². The summed E-state index contributed by atoms with van der Waals surface area (Å²) in [4.78, 5) is 14.7. The molecule has 0 saturated carbocycles. The Kier molecular flexibility index (Phi) is 5.46. The van der Waals surface area contributed by atoms with Gasteiger partial charge >= 0.3 is 5.97 Å². The molecule has 0 spiro atoms. The molecule has 4 heteroatoms. The molecule has 0 aromatic carbocycles.